The number of anilines is 1. The molecule has 6 heteroatoms. The van der Waals surface area contributed by atoms with Crippen LogP contribution in [0.25, 0.3) is 6.08 Å². The maximum Gasteiger partial charge on any atom is 0.270 e. The smallest absolute Gasteiger partial charge is 0.270 e. The number of amides is 1. The molecule has 1 amide bonds. The number of ether oxygens (including phenoxy) is 1. The maximum absolute atomic E-state index is 12.7. The topological polar surface area (TPSA) is 29.5 Å². The van der Waals surface area contributed by atoms with E-state index in [1.54, 1.807) is 31.4 Å². The molecule has 3 nitrogen and oxygen atoms in total. The highest BCUT2D eigenvalue weighted by Gasteiger charge is 2.33. The Morgan fingerprint density at radius 3 is 2.65 bits per heavy atom. The zero-order chi connectivity index (χ0) is 16.4. The molecule has 0 N–H and O–H groups in total. The third-order valence-electron chi connectivity index (χ3n) is 3.29. The molecule has 1 heterocycles. The van der Waals surface area contributed by atoms with Crippen LogP contribution in [0.15, 0.2) is 53.4 Å². The molecule has 0 unspecified atom stereocenters. The van der Waals surface area contributed by atoms with Gasteiger partial charge in [-0.25, -0.2) is 0 Å². The highest BCUT2D eigenvalue weighted by atomic mass is 35.5. The Labute approximate surface area is 148 Å². The minimum absolute atomic E-state index is 0.145. The zero-order valence-electron chi connectivity index (χ0n) is 12.2. The summed E-state index contributed by atoms with van der Waals surface area (Å²) < 4.78 is 5.82. The fourth-order valence-corrected chi connectivity index (χ4v) is 3.70. The number of hydrogen-bond acceptors (Lipinski definition) is 4. The number of benzene rings is 2. The number of para-hydroxylation sites is 1. The number of nitrogens with zero attached hydrogens (tertiary/aromatic N) is 1. The quantitative estimate of drug-likeness (QED) is 0.582. The van der Waals surface area contributed by atoms with Crippen molar-refractivity contribution in [2.75, 3.05) is 12.0 Å². The number of carbonyl (C=O) groups is 1. The van der Waals surface area contributed by atoms with Crippen LogP contribution in [0.5, 0.6) is 5.75 Å². The fourth-order valence-electron chi connectivity index (χ4n) is 2.23. The fraction of sp³-hybridized carbons (Fsp3) is 0.0588. The number of thioether (sulfide) groups is 1. The minimum atomic E-state index is -0.145. The van der Waals surface area contributed by atoms with E-state index in [0.717, 1.165) is 11.3 Å². The Morgan fingerprint density at radius 2 is 1.96 bits per heavy atom. The Morgan fingerprint density at radius 1 is 1.22 bits per heavy atom. The van der Waals surface area contributed by atoms with E-state index in [1.165, 1.54) is 16.7 Å². The summed E-state index contributed by atoms with van der Waals surface area (Å²) in [7, 11) is 1.58. The van der Waals surface area contributed by atoms with Crippen molar-refractivity contribution in [2.45, 2.75) is 0 Å². The van der Waals surface area contributed by atoms with Crippen molar-refractivity contribution in [3.8, 4) is 5.75 Å². The first kappa shape index (κ1) is 16.1. The molecule has 2 aromatic rings. The number of hydrogen-bond donors (Lipinski definition) is 0. The summed E-state index contributed by atoms with van der Waals surface area (Å²) in [5.74, 6) is 0.507. The highest BCUT2D eigenvalue weighted by molar-refractivity contribution is 8.27. The summed E-state index contributed by atoms with van der Waals surface area (Å²) in [6, 6.07) is 14.6. The van der Waals surface area contributed by atoms with Gasteiger partial charge in [0.2, 0.25) is 0 Å². The first-order chi connectivity index (χ1) is 11.1. The van der Waals surface area contributed by atoms with Crippen LogP contribution in [0.2, 0.25) is 5.02 Å². The molecule has 0 spiro atoms. The molecular formula is C17H12ClNO2S2. The van der Waals surface area contributed by atoms with Gasteiger partial charge in [-0.3, -0.25) is 9.69 Å². The van der Waals surface area contributed by atoms with Crippen molar-refractivity contribution in [1.29, 1.82) is 0 Å². The molecule has 3 rings (SSSR count). The van der Waals surface area contributed by atoms with Crippen molar-refractivity contribution in [3.05, 3.63) is 64.0 Å². The lowest BCUT2D eigenvalue weighted by Crippen LogP contribution is -2.27. The van der Waals surface area contributed by atoms with E-state index in [0.29, 0.717) is 20.0 Å². The largest absolute Gasteiger partial charge is 0.496 e. The summed E-state index contributed by atoms with van der Waals surface area (Å²) >= 11 is 12.7. The summed E-state index contributed by atoms with van der Waals surface area (Å²) in [4.78, 5) is 14.8. The van der Waals surface area contributed by atoms with Crippen LogP contribution in [0.4, 0.5) is 5.69 Å². The Hall–Kier alpha value is -1.82. The van der Waals surface area contributed by atoms with E-state index in [1.807, 2.05) is 30.3 Å². The second-order valence-corrected chi connectivity index (χ2v) is 6.85. The molecule has 1 aliphatic heterocycles. The third kappa shape index (κ3) is 3.27. The number of carbonyl (C=O) groups excluding carboxylic acids is 1. The number of thiocarbonyl (C=S) groups is 1. The van der Waals surface area contributed by atoms with Crippen molar-refractivity contribution in [2.24, 2.45) is 0 Å². The van der Waals surface area contributed by atoms with Gasteiger partial charge in [0.05, 0.1) is 17.7 Å². The lowest BCUT2D eigenvalue weighted by Gasteiger charge is -2.13. The second kappa shape index (κ2) is 6.74. The van der Waals surface area contributed by atoms with Gasteiger partial charge in [-0.2, -0.15) is 0 Å². The van der Waals surface area contributed by atoms with Gasteiger partial charge >= 0.3 is 0 Å². The van der Waals surface area contributed by atoms with Crippen LogP contribution in [0, 0.1) is 0 Å². The normalized spacial score (nSPS) is 16.3. The zero-order valence-corrected chi connectivity index (χ0v) is 14.5. The van der Waals surface area contributed by atoms with Crippen LogP contribution >= 0.6 is 35.6 Å². The molecule has 0 bridgehead atoms. The van der Waals surface area contributed by atoms with Crippen LogP contribution in [0.1, 0.15) is 5.56 Å². The maximum atomic E-state index is 12.7. The van der Waals surface area contributed by atoms with Crippen LogP contribution in [-0.4, -0.2) is 17.3 Å². The van der Waals surface area contributed by atoms with Crippen molar-refractivity contribution >= 4 is 57.6 Å². The summed E-state index contributed by atoms with van der Waals surface area (Å²) in [6.07, 6.45) is 1.76. The monoisotopic (exact) mass is 361 g/mol. The van der Waals surface area contributed by atoms with Gasteiger partial charge in [0.15, 0.2) is 4.32 Å². The van der Waals surface area contributed by atoms with E-state index >= 15 is 0 Å². The first-order valence-corrected chi connectivity index (χ1v) is 8.37. The molecule has 0 aliphatic carbocycles. The summed E-state index contributed by atoms with van der Waals surface area (Å²) in [6.45, 7) is 0. The van der Waals surface area contributed by atoms with Crippen LogP contribution in [-0.2, 0) is 4.79 Å². The lowest BCUT2D eigenvalue weighted by molar-refractivity contribution is -0.113. The Bertz CT molecular complexity index is 805. The Balaban J connectivity index is 1.98. The molecule has 1 aliphatic rings. The molecule has 0 radical (unpaired) electrons. The molecule has 23 heavy (non-hydrogen) atoms. The second-order valence-electron chi connectivity index (χ2n) is 4.74. The van der Waals surface area contributed by atoms with Gasteiger partial charge in [-0.05, 0) is 36.4 Å². The molecule has 2 aromatic carbocycles. The van der Waals surface area contributed by atoms with Gasteiger partial charge in [0.25, 0.3) is 5.91 Å². The number of rotatable bonds is 3. The number of methoxy groups -OCH3 is 1. The van der Waals surface area contributed by atoms with E-state index in [2.05, 4.69) is 0 Å². The van der Waals surface area contributed by atoms with E-state index in [4.69, 9.17) is 28.6 Å². The predicted molar refractivity (Wildman–Crippen MR) is 100 cm³/mol. The summed E-state index contributed by atoms with van der Waals surface area (Å²) in [5.41, 5.74) is 1.50. The molecule has 116 valence electrons. The Kier molecular flexibility index (Phi) is 4.71. The minimum Gasteiger partial charge on any atom is -0.496 e. The number of halogens is 1. The standard InChI is InChI=1S/C17H12ClNO2S2/c1-21-14-8-7-12(18)9-11(14)10-15-16(20)19(17(22)23-15)13-5-3-2-4-6-13/h2-10H,1H3/b15-10+. The molecule has 0 atom stereocenters. The molecular weight excluding hydrogens is 350 g/mol. The molecule has 1 saturated heterocycles. The van der Waals surface area contributed by atoms with Gasteiger partial charge in [0, 0.05) is 10.6 Å². The van der Waals surface area contributed by atoms with Crippen molar-refractivity contribution < 1.29 is 9.53 Å². The van der Waals surface area contributed by atoms with Gasteiger partial charge in [-0.15, -0.1) is 0 Å². The van der Waals surface area contributed by atoms with E-state index in [-0.39, 0.29) is 5.91 Å². The molecule has 0 aromatic heterocycles. The average molecular weight is 362 g/mol. The highest BCUT2D eigenvalue weighted by Crippen LogP contribution is 2.37. The molecule has 1 fully saturated rings. The third-order valence-corrected chi connectivity index (χ3v) is 4.82. The van der Waals surface area contributed by atoms with Gasteiger partial charge in [0.1, 0.15) is 5.75 Å². The van der Waals surface area contributed by atoms with Crippen LogP contribution in [0.3, 0.4) is 0 Å². The summed E-state index contributed by atoms with van der Waals surface area (Å²) in [5, 5.41) is 0.579. The van der Waals surface area contributed by atoms with Crippen LogP contribution < -0.4 is 9.64 Å². The van der Waals surface area contributed by atoms with Crippen molar-refractivity contribution in [1.82, 2.24) is 0 Å². The average Bonchev–Trinajstić information content (AvgIpc) is 2.82. The predicted octanol–water partition coefficient (Wildman–Crippen LogP) is 4.75. The first-order valence-electron chi connectivity index (χ1n) is 6.76. The van der Waals surface area contributed by atoms with Crippen molar-refractivity contribution in [3.63, 3.8) is 0 Å². The van der Waals surface area contributed by atoms with Gasteiger partial charge < -0.3 is 4.74 Å². The van der Waals surface area contributed by atoms with E-state index in [9.17, 15) is 4.79 Å². The molecule has 0 saturated carbocycles. The van der Waals surface area contributed by atoms with Gasteiger partial charge in [-0.1, -0.05) is 53.8 Å². The van der Waals surface area contributed by atoms with E-state index < -0.39 is 0 Å². The SMILES string of the molecule is COc1ccc(Cl)cc1/C=C1/SC(=S)N(c2ccccc2)C1=O. The lowest BCUT2D eigenvalue weighted by atomic mass is 10.2.